The molecule has 1 unspecified atom stereocenters. The van der Waals surface area contributed by atoms with Crippen LogP contribution in [0.2, 0.25) is 0 Å². The SMILES string of the molecule is CCC=CC1=C(C)C(O)CCC1(C)C. The lowest BCUT2D eigenvalue weighted by Gasteiger charge is -2.35. The van der Waals surface area contributed by atoms with Crippen molar-refractivity contribution in [2.75, 3.05) is 0 Å². The molecule has 1 nitrogen and oxygen atoms in total. The van der Waals surface area contributed by atoms with Gasteiger partial charge in [-0.3, -0.25) is 0 Å². The van der Waals surface area contributed by atoms with E-state index in [4.69, 9.17) is 0 Å². The maximum atomic E-state index is 9.79. The van der Waals surface area contributed by atoms with Gasteiger partial charge in [-0.25, -0.2) is 0 Å². The van der Waals surface area contributed by atoms with Gasteiger partial charge in [0.1, 0.15) is 0 Å². The molecule has 1 rings (SSSR count). The Kier molecular flexibility index (Phi) is 3.54. The van der Waals surface area contributed by atoms with Gasteiger partial charge in [0.15, 0.2) is 0 Å². The van der Waals surface area contributed by atoms with Crippen molar-refractivity contribution in [2.24, 2.45) is 5.41 Å². The molecule has 0 heterocycles. The fourth-order valence-electron chi connectivity index (χ4n) is 2.15. The molecule has 1 aliphatic carbocycles. The summed E-state index contributed by atoms with van der Waals surface area (Å²) in [6, 6.07) is 0. The van der Waals surface area contributed by atoms with Gasteiger partial charge in [0.05, 0.1) is 6.10 Å². The van der Waals surface area contributed by atoms with Crippen LogP contribution in [-0.4, -0.2) is 11.2 Å². The van der Waals surface area contributed by atoms with Crippen LogP contribution < -0.4 is 0 Å². The lowest BCUT2D eigenvalue weighted by atomic mass is 9.71. The van der Waals surface area contributed by atoms with Crippen LogP contribution in [0.15, 0.2) is 23.3 Å². The molecule has 0 bridgehead atoms. The molecule has 0 aromatic rings. The first-order chi connectivity index (χ1) is 6.49. The molecule has 1 heteroatoms. The first-order valence-electron chi connectivity index (χ1n) is 5.55. The van der Waals surface area contributed by atoms with Crippen LogP contribution in [0.25, 0.3) is 0 Å². The Hall–Kier alpha value is -0.560. The quantitative estimate of drug-likeness (QED) is 0.714. The van der Waals surface area contributed by atoms with Crippen molar-refractivity contribution in [3.8, 4) is 0 Å². The molecule has 0 aromatic carbocycles. The monoisotopic (exact) mass is 194 g/mol. The number of hydrogen-bond donors (Lipinski definition) is 1. The third-order valence-electron chi connectivity index (χ3n) is 3.22. The Morgan fingerprint density at radius 3 is 2.71 bits per heavy atom. The third kappa shape index (κ3) is 2.27. The zero-order chi connectivity index (χ0) is 10.8. The molecule has 0 spiro atoms. The molecule has 80 valence electrons. The minimum atomic E-state index is -0.223. The second kappa shape index (κ2) is 4.31. The van der Waals surface area contributed by atoms with Gasteiger partial charge in [-0.1, -0.05) is 32.9 Å². The molecule has 0 fully saturated rings. The second-order valence-electron chi connectivity index (χ2n) is 4.85. The lowest BCUT2D eigenvalue weighted by molar-refractivity contribution is 0.163. The van der Waals surface area contributed by atoms with Gasteiger partial charge in [0.2, 0.25) is 0 Å². The average Bonchev–Trinajstić information content (AvgIpc) is 2.12. The van der Waals surface area contributed by atoms with Crippen LogP contribution >= 0.6 is 0 Å². The molecule has 1 N–H and O–H groups in total. The number of aliphatic hydroxyl groups is 1. The molecular formula is C13H22O. The van der Waals surface area contributed by atoms with E-state index in [0.717, 1.165) is 24.8 Å². The van der Waals surface area contributed by atoms with Gasteiger partial charge < -0.3 is 5.11 Å². The van der Waals surface area contributed by atoms with E-state index in [1.807, 2.05) is 0 Å². The number of allylic oxidation sites excluding steroid dienone is 3. The molecule has 1 atom stereocenters. The molecular weight excluding hydrogens is 172 g/mol. The van der Waals surface area contributed by atoms with E-state index in [2.05, 4.69) is 39.8 Å². The molecule has 1 aliphatic rings. The number of aliphatic hydroxyl groups excluding tert-OH is 1. The Bertz CT molecular complexity index is 258. The van der Waals surface area contributed by atoms with E-state index < -0.39 is 0 Å². The van der Waals surface area contributed by atoms with Gasteiger partial charge in [-0.05, 0) is 42.7 Å². The Morgan fingerprint density at radius 2 is 2.14 bits per heavy atom. The van der Waals surface area contributed by atoms with E-state index in [1.165, 1.54) is 5.57 Å². The minimum absolute atomic E-state index is 0.223. The Morgan fingerprint density at radius 1 is 1.50 bits per heavy atom. The maximum Gasteiger partial charge on any atom is 0.0753 e. The highest BCUT2D eigenvalue weighted by molar-refractivity contribution is 5.34. The zero-order valence-corrected chi connectivity index (χ0v) is 9.80. The molecule has 0 radical (unpaired) electrons. The summed E-state index contributed by atoms with van der Waals surface area (Å²) in [5.41, 5.74) is 2.72. The van der Waals surface area contributed by atoms with E-state index >= 15 is 0 Å². The molecule has 14 heavy (non-hydrogen) atoms. The summed E-state index contributed by atoms with van der Waals surface area (Å²) in [5, 5.41) is 9.79. The van der Waals surface area contributed by atoms with E-state index in [9.17, 15) is 5.11 Å². The second-order valence-corrected chi connectivity index (χ2v) is 4.85. The summed E-state index contributed by atoms with van der Waals surface area (Å²) in [5.74, 6) is 0. The number of hydrogen-bond acceptors (Lipinski definition) is 1. The fourth-order valence-corrected chi connectivity index (χ4v) is 2.15. The van der Waals surface area contributed by atoms with E-state index in [1.54, 1.807) is 0 Å². The smallest absolute Gasteiger partial charge is 0.0753 e. The predicted octanol–water partition coefficient (Wildman–Crippen LogP) is 3.45. The lowest BCUT2D eigenvalue weighted by Crippen LogP contribution is -2.27. The van der Waals surface area contributed by atoms with Crippen LogP contribution in [0, 0.1) is 5.41 Å². The zero-order valence-electron chi connectivity index (χ0n) is 9.80. The maximum absolute atomic E-state index is 9.79. The van der Waals surface area contributed by atoms with Gasteiger partial charge in [0.25, 0.3) is 0 Å². The van der Waals surface area contributed by atoms with Gasteiger partial charge in [-0.2, -0.15) is 0 Å². The van der Waals surface area contributed by atoms with Crippen molar-refractivity contribution in [1.29, 1.82) is 0 Å². The first kappa shape index (κ1) is 11.5. The summed E-state index contributed by atoms with van der Waals surface area (Å²) in [7, 11) is 0. The summed E-state index contributed by atoms with van der Waals surface area (Å²) in [6.07, 6.45) is 7.19. The summed E-state index contributed by atoms with van der Waals surface area (Å²) in [4.78, 5) is 0. The molecule has 0 saturated carbocycles. The molecule has 0 saturated heterocycles. The van der Waals surface area contributed by atoms with Crippen molar-refractivity contribution in [2.45, 2.75) is 53.1 Å². The van der Waals surface area contributed by atoms with Crippen LogP contribution in [0.3, 0.4) is 0 Å². The van der Waals surface area contributed by atoms with E-state index in [-0.39, 0.29) is 11.5 Å². The van der Waals surface area contributed by atoms with Crippen molar-refractivity contribution >= 4 is 0 Å². The first-order valence-corrected chi connectivity index (χ1v) is 5.55. The standard InChI is InChI=1S/C13H22O/c1-5-6-7-11-10(2)12(14)8-9-13(11,3)4/h6-7,12,14H,5,8-9H2,1-4H3. The highest BCUT2D eigenvalue weighted by Crippen LogP contribution is 2.40. The molecule has 0 aliphatic heterocycles. The van der Waals surface area contributed by atoms with Crippen molar-refractivity contribution in [1.82, 2.24) is 0 Å². The van der Waals surface area contributed by atoms with Crippen LogP contribution in [0.4, 0.5) is 0 Å². The van der Waals surface area contributed by atoms with E-state index in [0.29, 0.717) is 0 Å². The van der Waals surface area contributed by atoms with Crippen molar-refractivity contribution in [3.63, 3.8) is 0 Å². The highest BCUT2D eigenvalue weighted by Gasteiger charge is 2.30. The third-order valence-corrected chi connectivity index (χ3v) is 3.22. The van der Waals surface area contributed by atoms with Crippen LogP contribution in [0.5, 0.6) is 0 Å². The number of rotatable bonds is 2. The summed E-state index contributed by atoms with van der Waals surface area (Å²) in [6.45, 7) is 8.72. The van der Waals surface area contributed by atoms with Crippen molar-refractivity contribution in [3.05, 3.63) is 23.3 Å². The van der Waals surface area contributed by atoms with Crippen molar-refractivity contribution < 1.29 is 5.11 Å². The summed E-state index contributed by atoms with van der Waals surface area (Å²) >= 11 is 0. The topological polar surface area (TPSA) is 20.2 Å². The Labute approximate surface area is 87.5 Å². The highest BCUT2D eigenvalue weighted by atomic mass is 16.3. The average molecular weight is 194 g/mol. The minimum Gasteiger partial charge on any atom is -0.389 e. The van der Waals surface area contributed by atoms with Gasteiger partial charge in [-0.15, -0.1) is 0 Å². The normalized spacial score (nSPS) is 27.4. The van der Waals surface area contributed by atoms with Gasteiger partial charge in [0, 0.05) is 0 Å². The van der Waals surface area contributed by atoms with Gasteiger partial charge >= 0.3 is 0 Å². The molecule has 0 aromatic heterocycles. The summed E-state index contributed by atoms with van der Waals surface area (Å²) < 4.78 is 0. The van der Waals surface area contributed by atoms with Crippen LogP contribution in [-0.2, 0) is 0 Å². The predicted molar refractivity (Wildman–Crippen MR) is 61.2 cm³/mol. The Balaban J connectivity index is 3.02. The van der Waals surface area contributed by atoms with Crippen LogP contribution in [0.1, 0.15) is 47.0 Å². The molecule has 0 amide bonds. The largest absolute Gasteiger partial charge is 0.389 e. The fraction of sp³-hybridized carbons (Fsp3) is 0.692.